The summed E-state index contributed by atoms with van der Waals surface area (Å²) in [6, 6.07) is 4.94. The highest BCUT2D eigenvalue weighted by atomic mass is 16.5. The highest BCUT2D eigenvalue weighted by Crippen LogP contribution is 2.31. The Morgan fingerprint density at radius 3 is 2.55 bits per heavy atom. The van der Waals surface area contributed by atoms with Gasteiger partial charge >= 0.3 is 0 Å². The zero-order chi connectivity index (χ0) is 24.1. The summed E-state index contributed by atoms with van der Waals surface area (Å²) in [5.74, 6) is 0.408. The maximum atomic E-state index is 13.3. The highest BCUT2D eigenvalue weighted by molar-refractivity contribution is 5.99. The van der Waals surface area contributed by atoms with Crippen LogP contribution in [0, 0.1) is 11.8 Å². The van der Waals surface area contributed by atoms with E-state index in [9.17, 15) is 14.4 Å². The first kappa shape index (κ1) is 25.0. The number of benzene rings is 1. The van der Waals surface area contributed by atoms with Crippen molar-refractivity contribution in [3.8, 4) is 5.75 Å². The molecule has 3 rings (SSSR count). The standard InChI is InChI=1S/C25H37N3O5/c1-6-23(29)26-19-10-11-21-20(12-19)25(31)27(4)14-22(32-5)16(2)13-28(17(3)15-33-21)24(30)18-8-7-9-18/h10-12,16-18,22H,6-9,13-15H2,1-5H3,(H,26,29)/t16-,17-,22+/m1/s1. The third-order valence-corrected chi connectivity index (χ3v) is 6.79. The lowest BCUT2D eigenvalue weighted by Crippen LogP contribution is -2.51. The van der Waals surface area contributed by atoms with Gasteiger partial charge in [0.2, 0.25) is 11.8 Å². The van der Waals surface area contributed by atoms with E-state index in [-0.39, 0.29) is 48.3 Å². The molecule has 0 unspecified atom stereocenters. The van der Waals surface area contributed by atoms with Crippen molar-refractivity contribution in [2.24, 2.45) is 11.8 Å². The first-order valence-electron chi connectivity index (χ1n) is 11.9. The Morgan fingerprint density at radius 1 is 1.21 bits per heavy atom. The zero-order valence-corrected chi connectivity index (χ0v) is 20.4. The van der Waals surface area contributed by atoms with E-state index in [2.05, 4.69) is 12.2 Å². The van der Waals surface area contributed by atoms with Gasteiger partial charge < -0.3 is 24.6 Å². The van der Waals surface area contributed by atoms with Crippen molar-refractivity contribution in [1.82, 2.24) is 9.80 Å². The van der Waals surface area contributed by atoms with Crippen molar-refractivity contribution in [3.63, 3.8) is 0 Å². The summed E-state index contributed by atoms with van der Waals surface area (Å²) in [5, 5.41) is 2.80. The summed E-state index contributed by atoms with van der Waals surface area (Å²) in [6.45, 7) is 7.01. The molecule has 1 aromatic carbocycles. The molecule has 182 valence electrons. The molecule has 0 bridgehead atoms. The molecule has 1 saturated carbocycles. The van der Waals surface area contributed by atoms with E-state index in [1.54, 1.807) is 44.2 Å². The van der Waals surface area contributed by atoms with Gasteiger partial charge in [0.15, 0.2) is 0 Å². The average Bonchev–Trinajstić information content (AvgIpc) is 2.76. The Labute approximate surface area is 196 Å². The number of hydrogen-bond acceptors (Lipinski definition) is 5. The summed E-state index contributed by atoms with van der Waals surface area (Å²) in [5.41, 5.74) is 0.920. The van der Waals surface area contributed by atoms with Crippen LogP contribution in [0.3, 0.4) is 0 Å². The van der Waals surface area contributed by atoms with E-state index >= 15 is 0 Å². The Hall–Kier alpha value is -2.61. The Bertz CT molecular complexity index is 870. The molecule has 0 saturated heterocycles. The molecule has 0 radical (unpaired) electrons. The van der Waals surface area contributed by atoms with Crippen LogP contribution < -0.4 is 10.1 Å². The molecule has 8 heteroatoms. The predicted octanol–water partition coefficient (Wildman–Crippen LogP) is 3.17. The summed E-state index contributed by atoms with van der Waals surface area (Å²) < 4.78 is 11.8. The molecule has 8 nitrogen and oxygen atoms in total. The van der Waals surface area contributed by atoms with Gasteiger partial charge in [0.05, 0.1) is 17.7 Å². The number of nitrogens with one attached hydrogen (secondary N) is 1. The molecule has 0 spiro atoms. The number of carbonyl (C=O) groups is 3. The van der Waals surface area contributed by atoms with Gasteiger partial charge in [-0.15, -0.1) is 0 Å². The molecular weight excluding hydrogens is 422 g/mol. The SMILES string of the molecule is CCC(=O)Nc1ccc2c(c1)C(=O)N(C)C[C@H](OC)[C@H](C)CN(C(=O)C1CCC1)[C@H](C)CO2. The predicted molar refractivity (Wildman–Crippen MR) is 126 cm³/mol. The fourth-order valence-corrected chi connectivity index (χ4v) is 4.30. The molecule has 1 aromatic rings. The van der Waals surface area contributed by atoms with Crippen LogP contribution in [0.1, 0.15) is 56.8 Å². The fourth-order valence-electron chi connectivity index (χ4n) is 4.30. The topological polar surface area (TPSA) is 88.2 Å². The van der Waals surface area contributed by atoms with Crippen molar-refractivity contribution in [2.75, 3.05) is 39.2 Å². The van der Waals surface area contributed by atoms with Gasteiger partial charge in [0.1, 0.15) is 12.4 Å². The lowest BCUT2D eigenvalue weighted by molar-refractivity contribution is -0.142. The second kappa shape index (κ2) is 11.0. The molecular formula is C25H37N3O5. The van der Waals surface area contributed by atoms with Crippen LogP contribution in [-0.4, -0.2) is 73.5 Å². The minimum absolute atomic E-state index is 0.0331. The van der Waals surface area contributed by atoms with Crippen molar-refractivity contribution in [2.45, 2.75) is 58.6 Å². The average molecular weight is 460 g/mol. The van der Waals surface area contributed by atoms with Gasteiger partial charge in [-0.05, 0) is 38.0 Å². The van der Waals surface area contributed by atoms with Crippen molar-refractivity contribution in [1.29, 1.82) is 0 Å². The lowest BCUT2D eigenvalue weighted by atomic mass is 9.83. The number of anilines is 1. The zero-order valence-electron chi connectivity index (χ0n) is 20.4. The number of rotatable bonds is 4. The minimum Gasteiger partial charge on any atom is -0.491 e. The highest BCUT2D eigenvalue weighted by Gasteiger charge is 2.35. The van der Waals surface area contributed by atoms with E-state index in [4.69, 9.17) is 9.47 Å². The summed E-state index contributed by atoms with van der Waals surface area (Å²) in [6.07, 6.45) is 3.10. The number of fused-ring (bicyclic) bond motifs is 1. The molecule has 2 aliphatic rings. The number of amides is 3. The molecule has 1 N–H and O–H groups in total. The van der Waals surface area contributed by atoms with Gasteiger partial charge in [-0.2, -0.15) is 0 Å². The quantitative estimate of drug-likeness (QED) is 0.747. The lowest BCUT2D eigenvalue weighted by Gasteiger charge is -2.39. The van der Waals surface area contributed by atoms with Gasteiger partial charge in [0.25, 0.3) is 5.91 Å². The van der Waals surface area contributed by atoms with Crippen LogP contribution >= 0.6 is 0 Å². The second-order valence-corrected chi connectivity index (χ2v) is 9.33. The summed E-state index contributed by atoms with van der Waals surface area (Å²) in [4.78, 5) is 41.9. The Balaban J connectivity index is 1.94. The molecule has 3 atom stereocenters. The third kappa shape index (κ3) is 5.85. The number of nitrogens with zero attached hydrogens (tertiary/aromatic N) is 2. The van der Waals surface area contributed by atoms with Crippen LogP contribution in [0.5, 0.6) is 5.75 Å². The van der Waals surface area contributed by atoms with Gasteiger partial charge in [-0.3, -0.25) is 14.4 Å². The summed E-state index contributed by atoms with van der Waals surface area (Å²) in [7, 11) is 3.37. The first-order valence-corrected chi connectivity index (χ1v) is 11.9. The monoisotopic (exact) mass is 459 g/mol. The molecule has 1 fully saturated rings. The van der Waals surface area contributed by atoms with Crippen LogP contribution in [0.4, 0.5) is 5.69 Å². The number of ether oxygens (including phenoxy) is 2. The molecule has 1 aliphatic heterocycles. The van der Waals surface area contributed by atoms with Crippen LogP contribution in [-0.2, 0) is 14.3 Å². The third-order valence-electron chi connectivity index (χ3n) is 6.79. The molecule has 0 aromatic heterocycles. The van der Waals surface area contributed by atoms with E-state index in [1.807, 2.05) is 11.8 Å². The largest absolute Gasteiger partial charge is 0.491 e. The second-order valence-electron chi connectivity index (χ2n) is 9.33. The van der Waals surface area contributed by atoms with Crippen molar-refractivity contribution in [3.05, 3.63) is 23.8 Å². The van der Waals surface area contributed by atoms with Crippen LogP contribution in [0.15, 0.2) is 18.2 Å². The molecule has 3 amide bonds. The van der Waals surface area contributed by atoms with E-state index in [1.165, 1.54) is 0 Å². The Kier molecular flexibility index (Phi) is 8.35. The Morgan fingerprint density at radius 2 is 1.94 bits per heavy atom. The normalized spacial score (nSPS) is 24.6. The number of carbonyl (C=O) groups excluding carboxylic acids is 3. The van der Waals surface area contributed by atoms with E-state index in [0.717, 1.165) is 19.3 Å². The molecule has 1 aliphatic carbocycles. The number of likely N-dealkylation sites (N-methyl/N-ethyl adjacent to an activating group) is 1. The minimum atomic E-state index is -0.227. The van der Waals surface area contributed by atoms with Crippen molar-refractivity contribution < 1.29 is 23.9 Å². The fraction of sp³-hybridized carbons (Fsp3) is 0.640. The summed E-state index contributed by atoms with van der Waals surface area (Å²) >= 11 is 0. The number of hydrogen-bond donors (Lipinski definition) is 1. The van der Waals surface area contributed by atoms with Gasteiger partial charge in [-0.25, -0.2) is 0 Å². The maximum absolute atomic E-state index is 13.3. The smallest absolute Gasteiger partial charge is 0.257 e. The van der Waals surface area contributed by atoms with Crippen molar-refractivity contribution >= 4 is 23.4 Å². The van der Waals surface area contributed by atoms with E-state index in [0.29, 0.717) is 36.5 Å². The van der Waals surface area contributed by atoms with Crippen LogP contribution in [0.2, 0.25) is 0 Å². The molecule has 33 heavy (non-hydrogen) atoms. The van der Waals surface area contributed by atoms with E-state index < -0.39 is 0 Å². The van der Waals surface area contributed by atoms with Gasteiger partial charge in [0, 0.05) is 51.2 Å². The molecule has 1 heterocycles. The maximum Gasteiger partial charge on any atom is 0.257 e. The number of methoxy groups -OCH3 is 1. The first-order chi connectivity index (χ1) is 15.7. The van der Waals surface area contributed by atoms with Crippen LogP contribution in [0.25, 0.3) is 0 Å². The van der Waals surface area contributed by atoms with Gasteiger partial charge in [-0.1, -0.05) is 20.3 Å².